The number of ether oxygens (including phenoxy) is 4. The van der Waals surface area contributed by atoms with Crippen molar-refractivity contribution in [2.45, 2.75) is 26.5 Å². The Bertz CT molecular complexity index is 1870. The summed E-state index contributed by atoms with van der Waals surface area (Å²) in [5.41, 5.74) is 1.97. The Morgan fingerprint density at radius 3 is 2.44 bits per heavy atom. The third-order valence-corrected chi connectivity index (χ3v) is 8.06. The Morgan fingerprint density at radius 2 is 1.72 bits per heavy atom. The van der Waals surface area contributed by atoms with Crippen molar-refractivity contribution < 1.29 is 28.1 Å². The number of hydrogen-bond donors (Lipinski definition) is 0. The summed E-state index contributed by atoms with van der Waals surface area (Å²) in [5.74, 6) is 0.682. The quantitative estimate of drug-likeness (QED) is 0.214. The number of rotatable bonds is 10. The summed E-state index contributed by atoms with van der Waals surface area (Å²) in [4.78, 5) is 31.7. The number of halogens is 2. The third-order valence-electron chi connectivity index (χ3n) is 6.57. The number of nitrogens with zero attached hydrogens (tertiary/aromatic N) is 2. The summed E-state index contributed by atoms with van der Waals surface area (Å²) in [6.07, 6.45) is 3.18. The number of carbonyl (C=O) groups is 1. The molecule has 0 N–H and O–H groups in total. The molecule has 1 aromatic heterocycles. The highest BCUT2D eigenvalue weighted by molar-refractivity contribution is 9.10. The van der Waals surface area contributed by atoms with E-state index in [1.165, 1.54) is 41.3 Å². The molecule has 0 unspecified atom stereocenters. The maximum Gasteiger partial charge on any atom is 0.337 e. The van der Waals surface area contributed by atoms with Crippen molar-refractivity contribution in [3.8, 4) is 17.2 Å². The van der Waals surface area contributed by atoms with Gasteiger partial charge in [-0.15, -0.1) is 0 Å². The molecular formula is C32H28BrFN2O6S. The lowest BCUT2D eigenvalue weighted by Crippen LogP contribution is -2.39. The first-order valence-electron chi connectivity index (χ1n) is 13.5. The lowest BCUT2D eigenvalue weighted by atomic mass is 9.97. The zero-order valence-corrected chi connectivity index (χ0v) is 26.0. The largest absolute Gasteiger partial charge is 0.490 e. The molecule has 11 heteroatoms. The highest BCUT2D eigenvalue weighted by atomic mass is 79.9. The topological polar surface area (TPSA) is 88.4 Å². The Kier molecular flexibility index (Phi) is 9.42. The number of benzene rings is 3. The van der Waals surface area contributed by atoms with Crippen LogP contribution < -0.4 is 29.1 Å². The zero-order chi connectivity index (χ0) is 30.5. The van der Waals surface area contributed by atoms with Crippen LogP contribution in [0.15, 0.2) is 86.7 Å². The molecule has 5 rings (SSSR count). The molecular weight excluding hydrogens is 639 g/mol. The van der Waals surface area contributed by atoms with Crippen LogP contribution in [-0.2, 0) is 16.1 Å². The van der Waals surface area contributed by atoms with Crippen LogP contribution in [-0.4, -0.2) is 30.9 Å². The predicted octanol–water partition coefficient (Wildman–Crippen LogP) is 5.30. The highest BCUT2D eigenvalue weighted by Gasteiger charge is 2.31. The minimum atomic E-state index is -0.808. The van der Waals surface area contributed by atoms with Crippen molar-refractivity contribution in [3.63, 3.8) is 0 Å². The molecule has 0 aliphatic carbocycles. The van der Waals surface area contributed by atoms with Crippen molar-refractivity contribution in [1.82, 2.24) is 4.57 Å². The first kappa shape index (κ1) is 30.2. The molecule has 0 saturated carbocycles. The summed E-state index contributed by atoms with van der Waals surface area (Å²) >= 11 is 4.70. The zero-order valence-electron chi connectivity index (χ0n) is 23.6. The van der Waals surface area contributed by atoms with E-state index in [4.69, 9.17) is 18.9 Å². The molecule has 1 aliphatic heterocycles. The van der Waals surface area contributed by atoms with Gasteiger partial charge < -0.3 is 18.9 Å². The Labute approximate surface area is 259 Å². The Morgan fingerprint density at radius 1 is 1.00 bits per heavy atom. The molecule has 43 heavy (non-hydrogen) atoms. The van der Waals surface area contributed by atoms with Crippen molar-refractivity contribution in [1.29, 1.82) is 0 Å². The van der Waals surface area contributed by atoms with Gasteiger partial charge >= 0.3 is 5.97 Å². The van der Waals surface area contributed by atoms with Gasteiger partial charge in [-0.25, -0.2) is 14.2 Å². The molecule has 0 spiro atoms. The molecule has 0 radical (unpaired) electrons. The Hall–Kier alpha value is -4.22. The van der Waals surface area contributed by atoms with Crippen LogP contribution >= 0.6 is 27.3 Å². The summed E-state index contributed by atoms with van der Waals surface area (Å²) < 4.78 is 38.6. The number of carbonyl (C=O) groups excluding carboxylic acids is 1. The SMILES string of the molecule is CCOc1ccc([C@H]2C(C(=O)OC)=CN=c3s/c(=C\c4cc(Br)ccc4OCc4ccc(F)cc4)c(=O)n32)cc1OCC. The molecule has 1 atom stereocenters. The van der Waals surface area contributed by atoms with Crippen molar-refractivity contribution in [2.24, 2.45) is 4.99 Å². The third kappa shape index (κ3) is 6.57. The molecule has 222 valence electrons. The molecule has 0 fully saturated rings. The first-order valence-corrected chi connectivity index (χ1v) is 15.1. The lowest BCUT2D eigenvalue weighted by Gasteiger charge is -2.23. The van der Waals surface area contributed by atoms with Crippen LogP contribution in [0.1, 0.15) is 36.6 Å². The second-order valence-corrected chi connectivity index (χ2v) is 11.3. The molecule has 0 amide bonds. The van der Waals surface area contributed by atoms with Gasteiger partial charge in [0.05, 0.1) is 36.5 Å². The van der Waals surface area contributed by atoms with E-state index in [9.17, 15) is 14.0 Å². The van der Waals surface area contributed by atoms with Crippen molar-refractivity contribution >= 4 is 39.3 Å². The monoisotopic (exact) mass is 666 g/mol. The molecule has 8 nitrogen and oxygen atoms in total. The molecule has 0 saturated heterocycles. The minimum Gasteiger partial charge on any atom is -0.490 e. The first-order chi connectivity index (χ1) is 20.8. The van der Waals surface area contributed by atoms with Gasteiger partial charge in [0, 0.05) is 16.2 Å². The average molecular weight is 668 g/mol. The summed E-state index contributed by atoms with van der Waals surface area (Å²) in [5, 5.41) is 0. The number of aromatic nitrogens is 1. The molecule has 2 heterocycles. The van der Waals surface area contributed by atoms with E-state index < -0.39 is 12.0 Å². The van der Waals surface area contributed by atoms with Gasteiger partial charge in [0.2, 0.25) is 0 Å². The van der Waals surface area contributed by atoms with E-state index in [0.29, 0.717) is 50.9 Å². The maximum absolute atomic E-state index is 14.0. The summed E-state index contributed by atoms with van der Waals surface area (Å²) in [6, 6.07) is 16.1. The fraction of sp³-hybridized carbons (Fsp3) is 0.219. The van der Waals surface area contributed by atoms with E-state index in [1.807, 2.05) is 26.0 Å². The summed E-state index contributed by atoms with van der Waals surface area (Å²) in [6.45, 7) is 4.82. The number of esters is 1. The highest BCUT2D eigenvalue weighted by Crippen LogP contribution is 2.35. The van der Waals surface area contributed by atoms with Crippen LogP contribution in [0.2, 0.25) is 0 Å². The van der Waals surface area contributed by atoms with Gasteiger partial charge in [0.15, 0.2) is 16.3 Å². The molecule has 3 aromatic carbocycles. The van der Waals surface area contributed by atoms with E-state index in [2.05, 4.69) is 20.9 Å². The Balaban J connectivity index is 1.60. The normalized spacial score (nSPS) is 14.4. The van der Waals surface area contributed by atoms with Gasteiger partial charge in [-0.2, -0.15) is 0 Å². The number of fused-ring (bicyclic) bond motifs is 1. The lowest BCUT2D eigenvalue weighted by molar-refractivity contribution is -0.136. The standard InChI is InChI=1S/C32H28BrFN2O6S/c1-4-40-26-12-8-20(15-27(26)41-5-2)29-24(31(38)39-3)17-35-32-36(29)30(37)28(43-32)16-21-14-22(33)9-13-25(21)42-18-19-6-10-23(34)11-7-19/h6-17,29H,4-5,18H2,1-3H3/b28-16-/t29-/m0/s1. The maximum atomic E-state index is 14.0. The molecule has 4 aromatic rings. The number of hydrogen-bond acceptors (Lipinski definition) is 8. The van der Waals surface area contributed by atoms with Gasteiger partial charge in [0.25, 0.3) is 5.56 Å². The van der Waals surface area contributed by atoms with E-state index in [0.717, 1.165) is 10.0 Å². The van der Waals surface area contributed by atoms with E-state index in [1.54, 1.807) is 42.5 Å². The van der Waals surface area contributed by atoms with E-state index >= 15 is 0 Å². The smallest absolute Gasteiger partial charge is 0.337 e. The summed E-state index contributed by atoms with van der Waals surface area (Å²) in [7, 11) is 1.29. The second kappa shape index (κ2) is 13.4. The van der Waals surface area contributed by atoms with Gasteiger partial charge in [0.1, 0.15) is 18.2 Å². The van der Waals surface area contributed by atoms with Crippen LogP contribution in [0.3, 0.4) is 0 Å². The van der Waals surface area contributed by atoms with Crippen molar-refractivity contribution in [3.05, 3.63) is 119 Å². The van der Waals surface area contributed by atoms with Crippen LogP contribution in [0.4, 0.5) is 4.39 Å². The number of methoxy groups -OCH3 is 1. The minimum absolute atomic E-state index is 0.207. The fourth-order valence-corrected chi connectivity index (χ4v) is 5.97. The second-order valence-electron chi connectivity index (χ2n) is 9.35. The molecule has 1 aliphatic rings. The predicted molar refractivity (Wildman–Crippen MR) is 165 cm³/mol. The molecule has 0 bridgehead atoms. The van der Waals surface area contributed by atoms with Crippen LogP contribution in [0.25, 0.3) is 6.08 Å². The number of thiazole rings is 1. The van der Waals surface area contributed by atoms with Gasteiger partial charge in [-0.3, -0.25) is 9.36 Å². The average Bonchev–Trinajstić information content (AvgIpc) is 3.32. The van der Waals surface area contributed by atoms with Gasteiger partial charge in [-0.05, 0) is 73.5 Å². The van der Waals surface area contributed by atoms with E-state index in [-0.39, 0.29) is 23.6 Å². The van der Waals surface area contributed by atoms with Crippen LogP contribution in [0.5, 0.6) is 17.2 Å². The fourth-order valence-electron chi connectivity index (χ4n) is 4.63. The van der Waals surface area contributed by atoms with Crippen molar-refractivity contribution in [2.75, 3.05) is 20.3 Å². The van der Waals surface area contributed by atoms with Crippen LogP contribution in [0, 0.1) is 5.82 Å². The van der Waals surface area contributed by atoms with Gasteiger partial charge in [-0.1, -0.05) is 45.5 Å².